The Bertz CT molecular complexity index is 377. The molecule has 2 N–H and O–H groups in total. The molecule has 0 unspecified atom stereocenters. The van der Waals surface area contributed by atoms with Crippen LogP contribution in [0.4, 0.5) is 0 Å². The van der Waals surface area contributed by atoms with Gasteiger partial charge in [0.05, 0.1) is 0 Å². The van der Waals surface area contributed by atoms with Crippen molar-refractivity contribution < 1.29 is 4.74 Å². The fourth-order valence-electron chi connectivity index (χ4n) is 1.28. The highest BCUT2D eigenvalue weighted by atomic mass is 35.5. The van der Waals surface area contributed by atoms with Crippen LogP contribution in [-0.4, -0.2) is 13.2 Å². The number of halogens is 2. The Kier molecular flexibility index (Phi) is 5.67. The standard InChI is InChI=1S/C12H15Cl2NO/c1-9(7-13)8-16-12-4-2-3-11(14)10(12)5-6-15/h2-4,7H,5-6,8,15H2,1H3/b9-7-. The fraction of sp³-hybridized carbons (Fsp3) is 0.333. The third-order valence-corrected chi connectivity index (χ3v) is 2.84. The summed E-state index contributed by atoms with van der Waals surface area (Å²) in [5.41, 5.74) is 8.95. The summed E-state index contributed by atoms with van der Waals surface area (Å²) in [6.45, 7) is 2.91. The highest BCUT2D eigenvalue weighted by molar-refractivity contribution is 6.31. The maximum absolute atomic E-state index is 6.08. The van der Waals surface area contributed by atoms with Crippen LogP contribution in [-0.2, 0) is 6.42 Å². The first kappa shape index (κ1) is 13.4. The second-order valence-electron chi connectivity index (χ2n) is 3.50. The molecule has 1 rings (SSSR count). The fourth-order valence-corrected chi connectivity index (χ4v) is 1.61. The SMILES string of the molecule is C/C(=C/Cl)COc1cccc(Cl)c1CCN. The Morgan fingerprint density at radius 1 is 1.50 bits per heavy atom. The first-order valence-corrected chi connectivity index (χ1v) is 5.86. The molecule has 0 aliphatic carbocycles. The molecule has 88 valence electrons. The molecule has 0 aliphatic rings. The van der Waals surface area contributed by atoms with Gasteiger partial charge in [0.2, 0.25) is 0 Å². The van der Waals surface area contributed by atoms with E-state index in [1.54, 1.807) is 0 Å². The van der Waals surface area contributed by atoms with E-state index >= 15 is 0 Å². The van der Waals surface area contributed by atoms with E-state index in [1.807, 2.05) is 25.1 Å². The van der Waals surface area contributed by atoms with Gasteiger partial charge in [0.1, 0.15) is 12.4 Å². The zero-order valence-corrected chi connectivity index (χ0v) is 10.7. The van der Waals surface area contributed by atoms with Gasteiger partial charge in [-0.3, -0.25) is 0 Å². The van der Waals surface area contributed by atoms with Gasteiger partial charge >= 0.3 is 0 Å². The number of rotatable bonds is 5. The summed E-state index contributed by atoms with van der Waals surface area (Å²) < 4.78 is 5.63. The minimum absolute atomic E-state index is 0.460. The average molecular weight is 260 g/mol. The van der Waals surface area contributed by atoms with Crippen molar-refractivity contribution in [2.24, 2.45) is 5.73 Å². The Morgan fingerprint density at radius 2 is 2.25 bits per heavy atom. The van der Waals surface area contributed by atoms with Gasteiger partial charge in [0.25, 0.3) is 0 Å². The Labute approximate surface area is 106 Å². The molecular weight excluding hydrogens is 245 g/mol. The number of hydrogen-bond donors (Lipinski definition) is 1. The lowest BCUT2D eigenvalue weighted by Crippen LogP contribution is -2.07. The van der Waals surface area contributed by atoms with Crippen molar-refractivity contribution >= 4 is 23.2 Å². The maximum atomic E-state index is 6.08. The van der Waals surface area contributed by atoms with Crippen molar-refractivity contribution in [1.29, 1.82) is 0 Å². The lowest BCUT2D eigenvalue weighted by atomic mass is 10.1. The van der Waals surface area contributed by atoms with E-state index in [1.165, 1.54) is 5.54 Å². The van der Waals surface area contributed by atoms with Crippen LogP contribution in [0, 0.1) is 0 Å². The van der Waals surface area contributed by atoms with Crippen molar-refractivity contribution in [2.75, 3.05) is 13.2 Å². The van der Waals surface area contributed by atoms with Crippen molar-refractivity contribution in [3.8, 4) is 5.75 Å². The smallest absolute Gasteiger partial charge is 0.124 e. The summed E-state index contributed by atoms with van der Waals surface area (Å²) in [6, 6.07) is 5.58. The quantitative estimate of drug-likeness (QED) is 0.880. The summed E-state index contributed by atoms with van der Waals surface area (Å²) in [6.07, 6.45) is 0.707. The van der Waals surface area contributed by atoms with E-state index in [0.29, 0.717) is 24.6 Å². The number of nitrogens with two attached hydrogens (primary N) is 1. The molecule has 0 saturated carbocycles. The lowest BCUT2D eigenvalue weighted by Gasteiger charge is -2.12. The van der Waals surface area contributed by atoms with Crippen molar-refractivity contribution in [2.45, 2.75) is 13.3 Å². The van der Waals surface area contributed by atoms with Crippen LogP contribution in [0.15, 0.2) is 29.3 Å². The molecule has 16 heavy (non-hydrogen) atoms. The highest BCUT2D eigenvalue weighted by Crippen LogP contribution is 2.27. The molecule has 1 aromatic rings. The predicted octanol–water partition coefficient (Wildman–Crippen LogP) is 3.36. The lowest BCUT2D eigenvalue weighted by molar-refractivity contribution is 0.348. The molecule has 0 bridgehead atoms. The summed E-state index contributed by atoms with van der Waals surface area (Å²) >= 11 is 11.6. The van der Waals surface area contributed by atoms with Gasteiger partial charge in [0.15, 0.2) is 0 Å². The van der Waals surface area contributed by atoms with E-state index in [-0.39, 0.29) is 0 Å². The second kappa shape index (κ2) is 6.79. The maximum Gasteiger partial charge on any atom is 0.124 e. The number of ether oxygens (including phenoxy) is 1. The van der Waals surface area contributed by atoms with Crippen molar-refractivity contribution in [3.05, 3.63) is 39.9 Å². The second-order valence-corrected chi connectivity index (χ2v) is 4.12. The van der Waals surface area contributed by atoms with Crippen LogP contribution < -0.4 is 10.5 Å². The number of benzene rings is 1. The van der Waals surface area contributed by atoms with Crippen LogP contribution in [0.2, 0.25) is 5.02 Å². The Balaban J connectivity index is 2.82. The van der Waals surface area contributed by atoms with Gasteiger partial charge in [0, 0.05) is 16.1 Å². The molecule has 0 fully saturated rings. The van der Waals surface area contributed by atoms with Crippen LogP contribution in [0.5, 0.6) is 5.75 Å². The van der Waals surface area contributed by atoms with Crippen LogP contribution in [0.3, 0.4) is 0 Å². The molecular formula is C12H15Cl2NO. The molecule has 0 saturated heterocycles. The minimum Gasteiger partial charge on any atom is -0.489 e. The summed E-state index contributed by atoms with van der Waals surface area (Å²) in [5, 5.41) is 0.690. The van der Waals surface area contributed by atoms with Crippen molar-refractivity contribution in [3.63, 3.8) is 0 Å². The molecule has 0 aromatic heterocycles. The molecule has 2 nitrogen and oxygen atoms in total. The van der Waals surface area contributed by atoms with Crippen LogP contribution in [0.1, 0.15) is 12.5 Å². The van der Waals surface area contributed by atoms with Gasteiger partial charge in [-0.2, -0.15) is 0 Å². The predicted molar refractivity (Wildman–Crippen MR) is 69.3 cm³/mol. The summed E-state index contributed by atoms with van der Waals surface area (Å²) in [5.74, 6) is 0.774. The molecule has 4 heteroatoms. The Morgan fingerprint density at radius 3 is 2.88 bits per heavy atom. The highest BCUT2D eigenvalue weighted by Gasteiger charge is 2.07. The van der Waals surface area contributed by atoms with E-state index in [0.717, 1.165) is 16.9 Å². The largest absolute Gasteiger partial charge is 0.489 e. The first-order chi connectivity index (χ1) is 7.69. The van der Waals surface area contributed by atoms with Gasteiger partial charge in [-0.15, -0.1) is 0 Å². The molecule has 0 aliphatic heterocycles. The molecule has 0 atom stereocenters. The topological polar surface area (TPSA) is 35.2 Å². The monoisotopic (exact) mass is 259 g/mol. The first-order valence-electron chi connectivity index (χ1n) is 5.05. The average Bonchev–Trinajstić information content (AvgIpc) is 2.29. The molecule has 0 spiro atoms. The number of hydrogen-bond acceptors (Lipinski definition) is 2. The zero-order chi connectivity index (χ0) is 12.0. The van der Waals surface area contributed by atoms with E-state index in [9.17, 15) is 0 Å². The molecule has 0 amide bonds. The van der Waals surface area contributed by atoms with E-state index < -0.39 is 0 Å². The minimum atomic E-state index is 0.460. The molecule has 0 heterocycles. The zero-order valence-electron chi connectivity index (χ0n) is 9.17. The van der Waals surface area contributed by atoms with Gasteiger partial charge < -0.3 is 10.5 Å². The molecule has 0 radical (unpaired) electrons. The third kappa shape index (κ3) is 3.71. The van der Waals surface area contributed by atoms with Gasteiger partial charge in [-0.25, -0.2) is 0 Å². The van der Waals surface area contributed by atoms with Crippen LogP contribution >= 0.6 is 23.2 Å². The summed E-state index contributed by atoms with van der Waals surface area (Å²) in [7, 11) is 0. The van der Waals surface area contributed by atoms with E-state index in [4.69, 9.17) is 33.7 Å². The Hall–Kier alpha value is -0.700. The van der Waals surface area contributed by atoms with Crippen molar-refractivity contribution in [1.82, 2.24) is 0 Å². The normalized spacial score (nSPS) is 11.6. The van der Waals surface area contributed by atoms with E-state index in [2.05, 4.69) is 0 Å². The van der Waals surface area contributed by atoms with Crippen LogP contribution in [0.25, 0.3) is 0 Å². The van der Waals surface area contributed by atoms with Gasteiger partial charge in [-0.1, -0.05) is 29.3 Å². The van der Waals surface area contributed by atoms with Gasteiger partial charge in [-0.05, 0) is 37.6 Å². The third-order valence-electron chi connectivity index (χ3n) is 2.11. The molecule has 1 aromatic carbocycles. The summed E-state index contributed by atoms with van der Waals surface area (Å²) in [4.78, 5) is 0.